The highest BCUT2D eigenvalue weighted by molar-refractivity contribution is 5.78. The first-order chi connectivity index (χ1) is 11.5. The van der Waals surface area contributed by atoms with Crippen LogP contribution < -0.4 is 4.90 Å². The van der Waals surface area contributed by atoms with Crippen LogP contribution in [0, 0.1) is 6.92 Å². The molecular formula is C17H27N5O2. The second-order valence-electron chi connectivity index (χ2n) is 6.71. The lowest BCUT2D eigenvalue weighted by molar-refractivity contribution is -0.136. The smallest absolute Gasteiger partial charge is 0.236 e. The molecule has 2 aliphatic rings. The van der Waals surface area contributed by atoms with E-state index in [0.29, 0.717) is 32.8 Å². The van der Waals surface area contributed by atoms with Crippen LogP contribution in [0.4, 0.5) is 5.82 Å². The molecular weight excluding hydrogens is 306 g/mol. The van der Waals surface area contributed by atoms with Gasteiger partial charge < -0.3 is 14.5 Å². The molecule has 0 radical (unpaired) electrons. The van der Waals surface area contributed by atoms with E-state index in [9.17, 15) is 4.79 Å². The molecule has 2 aliphatic heterocycles. The summed E-state index contributed by atoms with van der Waals surface area (Å²) >= 11 is 0. The van der Waals surface area contributed by atoms with Crippen LogP contribution in [0.2, 0.25) is 0 Å². The molecule has 7 nitrogen and oxygen atoms in total. The number of hydrogen-bond acceptors (Lipinski definition) is 6. The van der Waals surface area contributed by atoms with Gasteiger partial charge in [-0.3, -0.25) is 9.69 Å². The van der Waals surface area contributed by atoms with Crippen LogP contribution in [0.15, 0.2) is 6.07 Å². The third-order valence-electron chi connectivity index (χ3n) is 4.71. The molecule has 0 unspecified atom stereocenters. The van der Waals surface area contributed by atoms with Gasteiger partial charge in [-0.15, -0.1) is 0 Å². The van der Waals surface area contributed by atoms with Crippen molar-refractivity contribution in [3.63, 3.8) is 0 Å². The molecule has 132 valence electrons. The van der Waals surface area contributed by atoms with Crippen molar-refractivity contribution < 1.29 is 9.53 Å². The van der Waals surface area contributed by atoms with Crippen molar-refractivity contribution in [2.75, 3.05) is 58.4 Å². The fraction of sp³-hybridized carbons (Fsp3) is 0.706. The Morgan fingerprint density at radius 2 is 2.04 bits per heavy atom. The predicted molar refractivity (Wildman–Crippen MR) is 92.0 cm³/mol. The number of nitrogens with zero attached hydrogens (tertiary/aromatic N) is 5. The van der Waals surface area contributed by atoms with Crippen molar-refractivity contribution in [2.45, 2.75) is 25.8 Å². The highest BCUT2D eigenvalue weighted by Gasteiger charge is 2.31. The maximum Gasteiger partial charge on any atom is 0.236 e. The van der Waals surface area contributed by atoms with E-state index in [1.165, 1.54) is 0 Å². The number of rotatable bonds is 4. The lowest BCUT2D eigenvalue weighted by atomic mass is 10.1. The van der Waals surface area contributed by atoms with Gasteiger partial charge >= 0.3 is 0 Å². The van der Waals surface area contributed by atoms with E-state index in [2.05, 4.69) is 20.9 Å². The van der Waals surface area contributed by atoms with Crippen molar-refractivity contribution in [1.82, 2.24) is 19.8 Å². The number of ether oxygens (including phenoxy) is 1. The zero-order valence-electron chi connectivity index (χ0n) is 14.9. The quantitative estimate of drug-likeness (QED) is 0.814. The molecule has 7 heteroatoms. The normalized spacial score (nSPS) is 22.0. The van der Waals surface area contributed by atoms with Crippen LogP contribution in [0.25, 0.3) is 0 Å². The molecule has 0 aliphatic carbocycles. The van der Waals surface area contributed by atoms with E-state index in [4.69, 9.17) is 4.74 Å². The summed E-state index contributed by atoms with van der Waals surface area (Å²) in [7, 11) is 3.97. The van der Waals surface area contributed by atoms with Gasteiger partial charge in [-0.25, -0.2) is 9.97 Å². The van der Waals surface area contributed by atoms with Crippen molar-refractivity contribution in [3.05, 3.63) is 17.6 Å². The number of aryl methyl sites for hydroxylation is 1. The zero-order chi connectivity index (χ0) is 17.1. The maximum absolute atomic E-state index is 12.6. The van der Waals surface area contributed by atoms with Gasteiger partial charge in [0.1, 0.15) is 11.6 Å². The Bertz CT molecular complexity index is 586. The third kappa shape index (κ3) is 3.84. The summed E-state index contributed by atoms with van der Waals surface area (Å²) in [6, 6.07) is 2.25. The number of morpholine rings is 1. The average molecular weight is 333 g/mol. The first-order valence-electron chi connectivity index (χ1n) is 8.67. The van der Waals surface area contributed by atoms with E-state index in [0.717, 1.165) is 36.7 Å². The number of aromatic nitrogens is 2. The standard InChI is InChI=1S/C17H27N5O2/c1-13-18-14(11-16(19-13)20(2)3)15-5-4-6-22(15)12-17(23)21-7-9-24-10-8-21/h11,15H,4-10,12H2,1-3H3/t15-/m1/s1. The first-order valence-corrected chi connectivity index (χ1v) is 8.67. The molecule has 0 N–H and O–H groups in total. The van der Waals surface area contributed by atoms with Gasteiger partial charge in [0, 0.05) is 33.3 Å². The van der Waals surface area contributed by atoms with Crippen LogP contribution in [-0.2, 0) is 9.53 Å². The van der Waals surface area contributed by atoms with Gasteiger partial charge in [-0.05, 0) is 26.3 Å². The van der Waals surface area contributed by atoms with Gasteiger partial charge in [0.25, 0.3) is 0 Å². The summed E-state index contributed by atoms with van der Waals surface area (Å²) in [5, 5.41) is 0. The van der Waals surface area contributed by atoms with E-state index >= 15 is 0 Å². The zero-order valence-corrected chi connectivity index (χ0v) is 14.9. The van der Waals surface area contributed by atoms with E-state index in [1.54, 1.807) is 0 Å². The minimum Gasteiger partial charge on any atom is -0.378 e. The Kier molecular flexibility index (Phi) is 5.30. The Morgan fingerprint density at radius 1 is 1.29 bits per heavy atom. The molecule has 3 heterocycles. The maximum atomic E-state index is 12.6. The summed E-state index contributed by atoms with van der Waals surface area (Å²) < 4.78 is 5.33. The minimum atomic E-state index is 0.198. The van der Waals surface area contributed by atoms with Crippen LogP contribution >= 0.6 is 0 Å². The molecule has 0 bridgehead atoms. The molecule has 24 heavy (non-hydrogen) atoms. The summed E-state index contributed by atoms with van der Waals surface area (Å²) in [6.45, 7) is 6.03. The van der Waals surface area contributed by atoms with Gasteiger partial charge in [-0.2, -0.15) is 0 Å². The number of likely N-dealkylation sites (tertiary alicyclic amines) is 1. The fourth-order valence-electron chi connectivity index (χ4n) is 3.41. The average Bonchev–Trinajstić information content (AvgIpc) is 3.03. The lowest BCUT2D eigenvalue weighted by Crippen LogP contribution is -2.45. The Morgan fingerprint density at radius 3 is 2.75 bits per heavy atom. The molecule has 1 aromatic rings. The molecule has 0 aromatic carbocycles. The highest BCUT2D eigenvalue weighted by atomic mass is 16.5. The van der Waals surface area contributed by atoms with Crippen LogP contribution in [0.5, 0.6) is 0 Å². The van der Waals surface area contributed by atoms with E-state index in [1.807, 2.05) is 30.8 Å². The molecule has 1 aromatic heterocycles. The third-order valence-corrected chi connectivity index (χ3v) is 4.71. The Labute approximate surface area is 143 Å². The predicted octanol–water partition coefficient (Wildman–Crippen LogP) is 0.847. The largest absolute Gasteiger partial charge is 0.378 e. The lowest BCUT2D eigenvalue weighted by Gasteiger charge is -2.30. The highest BCUT2D eigenvalue weighted by Crippen LogP contribution is 2.31. The number of carbonyl (C=O) groups is 1. The number of carbonyl (C=O) groups excluding carboxylic acids is 1. The van der Waals surface area contributed by atoms with Crippen molar-refractivity contribution in [3.8, 4) is 0 Å². The molecule has 2 saturated heterocycles. The summed E-state index contributed by atoms with van der Waals surface area (Å²) in [6.07, 6.45) is 2.14. The molecule has 0 saturated carbocycles. The number of anilines is 1. The second-order valence-corrected chi connectivity index (χ2v) is 6.71. The van der Waals surface area contributed by atoms with E-state index in [-0.39, 0.29) is 11.9 Å². The van der Waals surface area contributed by atoms with Gasteiger partial charge in [0.05, 0.1) is 31.5 Å². The molecule has 2 fully saturated rings. The fourth-order valence-corrected chi connectivity index (χ4v) is 3.41. The number of hydrogen-bond donors (Lipinski definition) is 0. The second kappa shape index (κ2) is 7.44. The van der Waals surface area contributed by atoms with Crippen molar-refractivity contribution >= 4 is 11.7 Å². The number of amides is 1. The first kappa shape index (κ1) is 17.1. The SMILES string of the molecule is Cc1nc([C@H]2CCCN2CC(=O)N2CCOCC2)cc(N(C)C)n1. The van der Waals surface area contributed by atoms with E-state index < -0.39 is 0 Å². The summed E-state index contributed by atoms with van der Waals surface area (Å²) in [4.78, 5) is 27.8. The molecule has 1 amide bonds. The van der Waals surface area contributed by atoms with Crippen LogP contribution in [0.3, 0.4) is 0 Å². The Hall–Kier alpha value is -1.73. The summed E-state index contributed by atoms with van der Waals surface area (Å²) in [5.41, 5.74) is 1.03. The molecule has 1 atom stereocenters. The van der Waals surface area contributed by atoms with Gasteiger partial charge in [0.2, 0.25) is 5.91 Å². The van der Waals surface area contributed by atoms with Crippen molar-refractivity contribution in [2.24, 2.45) is 0 Å². The molecule has 0 spiro atoms. The Balaban J connectivity index is 1.72. The monoisotopic (exact) mass is 333 g/mol. The van der Waals surface area contributed by atoms with Crippen molar-refractivity contribution in [1.29, 1.82) is 0 Å². The topological polar surface area (TPSA) is 61.8 Å². The van der Waals surface area contributed by atoms with Gasteiger partial charge in [-0.1, -0.05) is 0 Å². The van der Waals surface area contributed by atoms with Gasteiger partial charge in [0.15, 0.2) is 0 Å². The van der Waals surface area contributed by atoms with Crippen LogP contribution in [0.1, 0.15) is 30.4 Å². The minimum absolute atomic E-state index is 0.198. The van der Waals surface area contributed by atoms with Crippen LogP contribution in [-0.4, -0.2) is 79.2 Å². The molecule has 3 rings (SSSR count). The summed E-state index contributed by atoms with van der Waals surface area (Å²) in [5.74, 6) is 1.90.